The molecule has 114 valence electrons. The largest absolute Gasteiger partial charge is 0.468 e. The van der Waals surface area contributed by atoms with Gasteiger partial charge in [-0.3, -0.25) is 9.59 Å². The van der Waals surface area contributed by atoms with Gasteiger partial charge in [-0.2, -0.15) is 0 Å². The summed E-state index contributed by atoms with van der Waals surface area (Å²) in [6.45, 7) is 1.86. The molecule has 0 saturated heterocycles. The Morgan fingerprint density at radius 3 is 2.57 bits per heavy atom. The number of hydrogen-bond acceptors (Lipinski definition) is 3. The maximum Gasteiger partial charge on any atom is 0.325 e. The van der Waals surface area contributed by atoms with Gasteiger partial charge in [-0.25, -0.2) is 0 Å². The Morgan fingerprint density at radius 2 is 2.00 bits per heavy atom. The summed E-state index contributed by atoms with van der Waals surface area (Å²) in [6, 6.07) is 5.31. The number of methoxy groups -OCH3 is 1. The number of nitrogens with zero attached hydrogens (tertiary/aromatic N) is 1. The minimum Gasteiger partial charge on any atom is -0.468 e. The van der Waals surface area contributed by atoms with E-state index in [9.17, 15) is 9.59 Å². The van der Waals surface area contributed by atoms with E-state index in [1.54, 1.807) is 23.1 Å². The van der Waals surface area contributed by atoms with E-state index < -0.39 is 0 Å². The van der Waals surface area contributed by atoms with Gasteiger partial charge in [-0.15, -0.1) is 0 Å². The van der Waals surface area contributed by atoms with Gasteiger partial charge < -0.3 is 9.64 Å². The van der Waals surface area contributed by atoms with E-state index in [1.807, 2.05) is 6.92 Å². The minimum absolute atomic E-state index is 0.00166. The van der Waals surface area contributed by atoms with Gasteiger partial charge in [-0.05, 0) is 43.5 Å². The predicted molar refractivity (Wildman–Crippen MR) is 81.5 cm³/mol. The maximum absolute atomic E-state index is 12.7. The molecular weight excluding hydrogens is 290 g/mol. The summed E-state index contributed by atoms with van der Waals surface area (Å²) in [5.74, 6) is -0.520. The molecule has 1 saturated carbocycles. The highest BCUT2D eigenvalue weighted by atomic mass is 35.5. The molecule has 0 aromatic heterocycles. The van der Waals surface area contributed by atoms with Crippen LogP contribution in [0.4, 0.5) is 0 Å². The van der Waals surface area contributed by atoms with Gasteiger partial charge >= 0.3 is 5.97 Å². The Hall–Kier alpha value is -1.55. The van der Waals surface area contributed by atoms with Crippen molar-refractivity contribution in [2.24, 2.45) is 0 Å². The number of aryl methyl sites for hydroxylation is 1. The molecule has 0 atom stereocenters. The molecule has 0 bridgehead atoms. The van der Waals surface area contributed by atoms with Crippen molar-refractivity contribution in [3.05, 3.63) is 34.3 Å². The average Bonchev–Trinajstić information content (AvgIpc) is 3.00. The topological polar surface area (TPSA) is 46.6 Å². The smallest absolute Gasteiger partial charge is 0.325 e. The lowest BCUT2D eigenvalue weighted by atomic mass is 10.1. The fourth-order valence-electron chi connectivity index (χ4n) is 2.73. The third-order valence-electron chi connectivity index (χ3n) is 3.96. The van der Waals surface area contributed by atoms with Crippen LogP contribution in [-0.2, 0) is 9.53 Å². The highest BCUT2D eigenvalue weighted by molar-refractivity contribution is 6.31. The highest BCUT2D eigenvalue weighted by Gasteiger charge is 2.29. The number of halogens is 1. The van der Waals surface area contributed by atoms with E-state index in [2.05, 4.69) is 0 Å². The summed E-state index contributed by atoms with van der Waals surface area (Å²) in [5.41, 5.74) is 1.42. The van der Waals surface area contributed by atoms with Gasteiger partial charge in [0, 0.05) is 16.6 Å². The van der Waals surface area contributed by atoms with Gasteiger partial charge in [0.15, 0.2) is 0 Å². The van der Waals surface area contributed by atoms with E-state index in [0.29, 0.717) is 10.6 Å². The van der Waals surface area contributed by atoms with Crippen LogP contribution in [0.15, 0.2) is 18.2 Å². The summed E-state index contributed by atoms with van der Waals surface area (Å²) < 4.78 is 4.72. The molecule has 1 aromatic rings. The Kier molecular flexibility index (Phi) is 5.23. The zero-order chi connectivity index (χ0) is 15.4. The molecule has 0 unspecified atom stereocenters. The number of ether oxygens (including phenoxy) is 1. The molecule has 21 heavy (non-hydrogen) atoms. The summed E-state index contributed by atoms with van der Waals surface area (Å²) >= 11 is 6.00. The van der Waals surface area contributed by atoms with Crippen LogP contribution in [0.2, 0.25) is 5.02 Å². The van der Waals surface area contributed by atoms with E-state index in [1.165, 1.54) is 7.11 Å². The first-order chi connectivity index (χ1) is 10.0. The van der Waals surface area contributed by atoms with Gasteiger partial charge in [-0.1, -0.05) is 24.4 Å². The molecule has 1 aliphatic rings. The quantitative estimate of drug-likeness (QED) is 0.802. The highest BCUT2D eigenvalue weighted by Crippen LogP contribution is 2.26. The Morgan fingerprint density at radius 1 is 1.33 bits per heavy atom. The number of amides is 1. The van der Waals surface area contributed by atoms with Crippen LogP contribution in [-0.4, -0.2) is 36.5 Å². The predicted octanol–water partition coefficient (Wildman–Crippen LogP) is 3.21. The monoisotopic (exact) mass is 309 g/mol. The number of hydrogen-bond donors (Lipinski definition) is 0. The Labute approximate surface area is 130 Å². The third kappa shape index (κ3) is 3.76. The molecule has 1 aliphatic carbocycles. The third-order valence-corrected chi connectivity index (χ3v) is 4.38. The van der Waals surface area contributed by atoms with E-state index >= 15 is 0 Å². The van der Waals surface area contributed by atoms with Gasteiger partial charge in [0.1, 0.15) is 6.54 Å². The van der Waals surface area contributed by atoms with E-state index in [-0.39, 0.29) is 24.5 Å². The van der Waals surface area contributed by atoms with Crippen molar-refractivity contribution in [3.63, 3.8) is 0 Å². The molecule has 5 heteroatoms. The Bertz CT molecular complexity index is 538. The Balaban J connectivity index is 2.23. The van der Waals surface area contributed by atoms with Crippen molar-refractivity contribution in [3.8, 4) is 0 Å². The van der Waals surface area contributed by atoms with Crippen molar-refractivity contribution >= 4 is 23.5 Å². The van der Waals surface area contributed by atoms with Crippen molar-refractivity contribution in [1.29, 1.82) is 0 Å². The number of carbonyl (C=O) groups is 2. The van der Waals surface area contributed by atoms with Crippen LogP contribution < -0.4 is 0 Å². The minimum atomic E-state index is -0.388. The fraction of sp³-hybridized carbons (Fsp3) is 0.500. The molecule has 1 aromatic carbocycles. The number of rotatable bonds is 4. The average molecular weight is 310 g/mol. The second kappa shape index (κ2) is 6.94. The molecule has 2 rings (SSSR count). The van der Waals surface area contributed by atoms with Crippen LogP contribution in [0, 0.1) is 6.92 Å². The lowest BCUT2D eigenvalue weighted by Crippen LogP contribution is -2.42. The first-order valence-corrected chi connectivity index (χ1v) is 7.54. The normalized spacial score (nSPS) is 15.0. The fourth-order valence-corrected chi connectivity index (χ4v) is 2.85. The van der Waals surface area contributed by atoms with Gasteiger partial charge in [0.05, 0.1) is 7.11 Å². The van der Waals surface area contributed by atoms with E-state index in [4.69, 9.17) is 16.3 Å². The van der Waals surface area contributed by atoms with Crippen LogP contribution in [0.1, 0.15) is 41.6 Å². The summed E-state index contributed by atoms with van der Waals surface area (Å²) in [6.07, 6.45) is 4.06. The van der Waals surface area contributed by atoms with E-state index in [0.717, 1.165) is 31.2 Å². The van der Waals surface area contributed by atoms with Crippen molar-refractivity contribution < 1.29 is 14.3 Å². The van der Waals surface area contributed by atoms with Gasteiger partial charge in [0.2, 0.25) is 0 Å². The molecule has 0 aliphatic heterocycles. The molecule has 0 heterocycles. The summed E-state index contributed by atoms with van der Waals surface area (Å²) in [7, 11) is 1.34. The maximum atomic E-state index is 12.7. The van der Waals surface area contributed by atoms with Crippen molar-refractivity contribution in [1.82, 2.24) is 4.90 Å². The number of esters is 1. The number of carbonyl (C=O) groups excluding carboxylic acids is 2. The second-order valence-electron chi connectivity index (χ2n) is 5.41. The summed E-state index contributed by atoms with van der Waals surface area (Å²) in [5, 5.41) is 0.631. The number of benzene rings is 1. The standard InChI is InChI=1S/C16H20ClNO3/c1-11-9-12(7-8-14(11)17)16(20)18(10-15(19)21-2)13-5-3-4-6-13/h7-9,13H,3-6,10H2,1-2H3. The van der Waals surface area contributed by atoms with Gasteiger partial charge in [0.25, 0.3) is 5.91 Å². The lowest BCUT2D eigenvalue weighted by molar-refractivity contribution is -0.141. The molecule has 0 spiro atoms. The summed E-state index contributed by atoms with van der Waals surface area (Å²) in [4.78, 5) is 26.0. The molecule has 0 N–H and O–H groups in total. The van der Waals surface area contributed by atoms with Crippen LogP contribution in [0.3, 0.4) is 0 Å². The first-order valence-electron chi connectivity index (χ1n) is 7.17. The SMILES string of the molecule is COC(=O)CN(C(=O)c1ccc(Cl)c(C)c1)C1CCCC1. The second-order valence-corrected chi connectivity index (χ2v) is 5.82. The first kappa shape index (κ1) is 15.8. The van der Waals surface area contributed by atoms with Crippen LogP contribution >= 0.6 is 11.6 Å². The van der Waals surface area contributed by atoms with Crippen LogP contribution in [0.5, 0.6) is 0 Å². The van der Waals surface area contributed by atoms with Crippen molar-refractivity contribution in [2.45, 2.75) is 38.6 Å². The van der Waals surface area contributed by atoms with Crippen molar-refractivity contribution in [2.75, 3.05) is 13.7 Å². The van der Waals surface area contributed by atoms with Crippen LogP contribution in [0.25, 0.3) is 0 Å². The molecule has 1 fully saturated rings. The zero-order valence-corrected chi connectivity index (χ0v) is 13.2. The molecular formula is C16H20ClNO3. The molecule has 4 nitrogen and oxygen atoms in total. The zero-order valence-electron chi connectivity index (χ0n) is 12.4. The molecule has 1 amide bonds. The molecule has 0 radical (unpaired) electrons. The lowest BCUT2D eigenvalue weighted by Gasteiger charge is -2.28.